The summed E-state index contributed by atoms with van der Waals surface area (Å²) in [6.45, 7) is 1.04. The summed E-state index contributed by atoms with van der Waals surface area (Å²) in [6.07, 6.45) is 4.05. The van der Waals surface area contributed by atoms with Crippen LogP contribution in [0.25, 0.3) is 16.8 Å². The minimum absolute atomic E-state index is 0.495. The molecule has 0 aliphatic heterocycles. The molecule has 112 valence electrons. The molecule has 0 amide bonds. The number of hydrogen-bond acceptors (Lipinski definition) is 2. The van der Waals surface area contributed by atoms with Crippen LogP contribution in [0.4, 0.5) is 0 Å². The lowest BCUT2D eigenvalue weighted by Gasteiger charge is -2.07. The highest BCUT2D eigenvalue weighted by atomic mass is 16.5. The third kappa shape index (κ3) is 3.85. The van der Waals surface area contributed by atoms with Gasteiger partial charge in [0.15, 0.2) is 0 Å². The van der Waals surface area contributed by atoms with Gasteiger partial charge >= 0.3 is 0 Å². The molecule has 3 aromatic rings. The van der Waals surface area contributed by atoms with Crippen LogP contribution in [0.3, 0.4) is 0 Å². The van der Waals surface area contributed by atoms with Gasteiger partial charge in [0.1, 0.15) is 0 Å². The predicted octanol–water partition coefficient (Wildman–Crippen LogP) is 4.94. The molecule has 0 bridgehead atoms. The van der Waals surface area contributed by atoms with E-state index in [9.17, 15) is 0 Å². The van der Waals surface area contributed by atoms with E-state index in [0.717, 1.165) is 21.9 Å². The van der Waals surface area contributed by atoms with E-state index in [1.165, 1.54) is 0 Å². The molecule has 0 unspecified atom stereocenters. The molecule has 2 nitrogen and oxygen atoms in total. The molecule has 2 heteroatoms. The summed E-state index contributed by atoms with van der Waals surface area (Å²) in [5.74, 6) is 0. The molecule has 0 N–H and O–H groups in total. The number of fused-ring (bicyclic) bond motifs is 1. The van der Waals surface area contributed by atoms with Crippen molar-refractivity contribution in [1.29, 1.82) is 5.26 Å². The maximum Gasteiger partial charge on any atom is 0.0991 e. The average Bonchev–Trinajstić information content (AvgIpc) is 2.62. The van der Waals surface area contributed by atoms with Crippen LogP contribution in [-0.2, 0) is 11.3 Å². The van der Waals surface area contributed by atoms with E-state index in [4.69, 9.17) is 10.00 Å². The van der Waals surface area contributed by atoms with Crippen LogP contribution in [-0.4, -0.2) is 6.61 Å². The number of ether oxygens (including phenoxy) is 1. The van der Waals surface area contributed by atoms with E-state index in [0.29, 0.717) is 18.8 Å². The fourth-order valence-electron chi connectivity index (χ4n) is 2.56. The number of benzene rings is 3. The Morgan fingerprint density at radius 1 is 0.957 bits per heavy atom. The van der Waals surface area contributed by atoms with E-state index in [-0.39, 0.29) is 0 Å². The van der Waals surface area contributed by atoms with Crippen molar-refractivity contribution < 1.29 is 4.74 Å². The summed E-state index contributed by atoms with van der Waals surface area (Å²) in [5.41, 5.74) is 2.88. The van der Waals surface area contributed by atoms with Gasteiger partial charge in [-0.1, -0.05) is 66.7 Å². The quantitative estimate of drug-likeness (QED) is 0.625. The topological polar surface area (TPSA) is 33.0 Å². The van der Waals surface area contributed by atoms with Crippen molar-refractivity contribution in [1.82, 2.24) is 0 Å². The fourth-order valence-corrected chi connectivity index (χ4v) is 2.56. The molecule has 0 aliphatic carbocycles. The molecule has 0 spiro atoms. The van der Waals surface area contributed by atoms with Crippen molar-refractivity contribution in [3.05, 3.63) is 89.5 Å². The van der Waals surface area contributed by atoms with E-state index < -0.39 is 0 Å². The van der Waals surface area contributed by atoms with Gasteiger partial charge in [0.25, 0.3) is 0 Å². The minimum atomic E-state index is 0.495. The standard InChI is InChI=1S/C21H17NO/c22-15-18-13-19-10-4-5-11-21(19)20(14-18)16-23-12-6-9-17-7-2-1-3-8-17/h1-11,13-14H,12,16H2/b9-6+. The molecule has 0 saturated heterocycles. The summed E-state index contributed by atoms with van der Waals surface area (Å²) in [5, 5.41) is 11.4. The Hall–Kier alpha value is -2.89. The summed E-state index contributed by atoms with van der Waals surface area (Å²) in [4.78, 5) is 0. The Morgan fingerprint density at radius 2 is 1.74 bits per heavy atom. The van der Waals surface area contributed by atoms with Crippen molar-refractivity contribution in [2.45, 2.75) is 6.61 Å². The Labute approximate surface area is 136 Å². The van der Waals surface area contributed by atoms with Crippen molar-refractivity contribution in [3.63, 3.8) is 0 Å². The normalized spacial score (nSPS) is 10.9. The highest BCUT2D eigenvalue weighted by Crippen LogP contribution is 2.21. The monoisotopic (exact) mass is 299 g/mol. The van der Waals surface area contributed by atoms with Crippen LogP contribution in [0, 0.1) is 11.3 Å². The van der Waals surface area contributed by atoms with Gasteiger partial charge in [0.05, 0.1) is 24.8 Å². The number of nitriles is 1. The van der Waals surface area contributed by atoms with Crippen LogP contribution in [0.1, 0.15) is 16.7 Å². The maximum absolute atomic E-state index is 9.16. The van der Waals surface area contributed by atoms with Gasteiger partial charge in [-0.25, -0.2) is 0 Å². The van der Waals surface area contributed by atoms with Crippen molar-refractivity contribution >= 4 is 16.8 Å². The van der Waals surface area contributed by atoms with Gasteiger partial charge in [-0.2, -0.15) is 5.26 Å². The lowest BCUT2D eigenvalue weighted by atomic mass is 10.0. The first-order chi connectivity index (χ1) is 11.4. The van der Waals surface area contributed by atoms with Gasteiger partial charge in [0.2, 0.25) is 0 Å². The first-order valence-electron chi connectivity index (χ1n) is 7.58. The zero-order valence-corrected chi connectivity index (χ0v) is 12.8. The second-order valence-corrected chi connectivity index (χ2v) is 5.30. The summed E-state index contributed by atoms with van der Waals surface area (Å²) in [6, 6.07) is 24.2. The van der Waals surface area contributed by atoms with Gasteiger partial charge in [-0.15, -0.1) is 0 Å². The van der Waals surface area contributed by atoms with E-state index in [2.05, 4.69) is 24.3 Å². The lowest BCUT2D eigenvalue weighted by molar-refractivity contribution is 0.150. The highest BCUT2D eigenvalue weighted by Gasteiger charge is 2.03. The Kier molecular flexibility index (Phi) is 4.83. The smallest absolute Gasteiger partial charge is 0.0991 e. The fraction of sp³-hybridized carbons (Fsp3) is 0.0952. The summed E-state index contributed by atoms with van der Waals surface area (Å²) >= 11 is 0. The Bertz CT molecular complexity index is 860. The molecular weight excluding hydrogens is 282 g/mol. The van der Waals surface area contributed by atoms with Gasteiger partial charge in [-0.05, 0) is 34.0 Å². The maximum atomic E-state index is 9.16. The van der Waals surface area contributed by atoms with Crippen LogP contribution < -0.4 is 0 Å². The second-order valence-electron chi connectivity index (χ2n) is 5.30. The first-order valence-corrected chi connectivity index (χ1v) is 7.58. The zero-order chi connectivity index (χ0) is 15.9. The molecule has 0 heterocycles. The van der Waals surface area contributed by atoms with E-state index in [1.807, 2.05) is 60.7 Å². The van der Waals surface area contributed by atoms with Crippen LogP contribution in [0.15, 0.2) is 72.8 Å². The third-order valence-electron chi connectivity index (χ3n) is 3.66. The molecule has 0 fully saturated rings. The van der Waals surface area contributed by atoms with Gasteiger partial charge in [-0.3, -0.25) is 0 Å². The van der Waals surface area contributed by atoms with Crippen LogP contribution in [0.2, 0.25) is 0 Å². The molecule has 3 aromatic carbocycles. The Balaban J connectivity index is 1.67. The van der Waals surface area contributed by atoms with E-state index in [1.54, 1.807) is 0 Å². The minimum Gasteiger partial charge on any atom is -0.373 e. The van der Waals surface area contributed by atoms with Gasteiger partial charge < -0.3 is 4.74 Å². The Morgan fingerprint density at radius 3 is 2.57 bits per heavy atom. The van der Waals surface area contributed by atoms with Crippen molar-refractivity contribution in [2.75, 3.05) is 6.61 Å². The van der Waals surface area contributed by atoms with Gasteiger partial charge in [0, 0.05) is 0 Å². The molecule has 0 radical (unpaired) electrons. The molecule has 0 saturated carbocycles. The van der Waals surface area contributed by atoms with Crippen molar-refractivity contribution in [2.24, 2.45) is 0 Å². The number of hydrogen-bond donors (Lipinski definition) is 0. The average molecular weight is 299 g/mol. The van der Waals surface area contributed by atoms with E-state index >= 15 is 0 Å². The van der Waals surface area contributed by atoms with Crippen LogP contribution >= 0.6 is 0 Å². The van der Waals surface area contributed by atoms with Crippen LogP contribution in [0.5, 0.6) is 0 Å². The third-order valence-corrected chi connectivity index (χ3v) is 3.66. The number of rotatable bonds is 5. The summed E-state index contributed by atoms with van der Waals surface area (Å²) < 4.78 is 5.75. The molecule has 3 rings (SSSR count). The SMILES string of the molecule is N#Cc1cc(COC/C=C/c2ccccc2)c2ccccc2c1. The molecule has 23 heavy (non-hydrogen) atoms. The van der Waals surface area contributed by atoms with Crippen molar-refractivity contribution in [3.8, 4) is 6.07 Å². The largest absolute Gasteiger partial charge is 0.373 e. The molecule has 0 aromatic heterocycles. The molecule has 0 atom stereocenters. The zero-order valence-electron chi connectivity index (χ0n) is 12.8. The lowest BCUT2D eigenvalue weighted by Crippen LogP contribution is -1.95. The predicted molar refractivity (Wildman–Crippen MR) is 93.8 cm³/mol. The number of nitrogens with zero attached hydrogens (tertiary/aromatic N) is 1. The summed E-state index contributed by atoms with van der Waals surface area (Å²) in [7, 11) is 0. The molecule has 0 aliphatic rings. The second kappa shape index (κ2) is 7.40. The highest BCUT2D eigenvalue weighted by molar-refractivity contribution is 5.87. The first kappa shape index (κ1) is 15.0. The molecular formula is C21H17NO.